The summed E-state index contributed by atoms with van der Waals surface area (Å²) in [6.45, 7) is 0. The molecular formula is C19H14N2O2S. The van der Waals surface area contributed by atoms with Crippen molar-refractivity contribution in [1.82, 2.24) is 4.98 Å². The fourth-order valence-corrected chi connectivity index (χ4v) is 3.90. The van der Waals surface area contributed by atoms with Crippen LogP contribution in [0.5, 0.6) is 0 Å². The van der Waals surface area contributed by atoms with E-state index in [0.717, 1.165) is 21.7 Å². The van der Waals surface area contributed by atoms with Crippen molar-refractivity contribution in [1.29, 1.82) is 0 Å². The van der Waals surface area contributed by atoms with Crippen molar-refractivity contribution >= 4 is 37.4 Å². The summed E-state index contributed by atoms with van der Waals surface area (Å²) in [6.07, 6.45) is 1.71. The second-order valence-electron chi connectivity index (χ2n) is 5.46. The Balaban J connectivity index is 1.93. The van der Waals surface area contributed by atoms with Gasteiger partial charge in [0, 0.05) is 17.0 Å². The number of nitrogens with zero attached hydrogens (tertiary/aromatic N) is 1. The van der Waals surface area contributed by atoms with Gasteiger partial charge >= 0.3 is 0 Å². The molecule has 0 bridgehead atoms. The number of nitrogens with one attached hydrogen (secondary N) is 1. The van der Waals surface area contributed by atoms with Crippen LogP contribution in [0, 0.1) is 0 Å². The Morgan fingerprint density at radius 3 is 2.33 bits per heavy atom. The number of pyridine rings is 1. The highest BCUT2D eigenvalue weighted by Gasteiger charge is 2.16. The predicted molar refractivity (Wildman–Crippen MR) is 96.5 cm³/mol. The average molecular weight is 334 g/mol. The molecule has 5 heteroatoms. The van der Waals surface area contributed by atoms with E-state index < -0.39 is 10.0 Å². The number of rotatable bonds is 3. The Kier molecular flexibility index (Phi) is 3.43. The van der Waals surface area contributed by atoms with Crippen LogP contribution in [-0.4, -0.2) is 13.4 Å². The normalized spacial score (nSPS) is 11.7. The van der Waals surface area contributed by atoms with Gasteiger partial charge in [0.2, 0.25) is 0 Å². The molecule has 0 aliphatic heterocycles. The summed E-state index contributed by atoms with van der Waals surface area (Å²) in [6, 6.07) is 21.7. The first-order valence-corrected chi connectivity index (χ1v) is 8.98. The number of benzene rings is 3. The lowest BCUT2D eigenvalue weighted by atomic mass is 10.0. The number of aromatic nitrogens is 1. The van der Waals surface area contributed by atoms with Crippen LogP contribution in [0.4, 0.5) is 5.69 Å². The molecule has 0 atom stereocenters. The number of hydrogen-bond donors (Lipinski definition) is 1. The number of hydrogen-bond acceptors (Lipinski definition) is 3. The lowest BCUT2D eigenvalue weighted by molar-refractivity contribution is 0.601. The molecule has 0 unspecified atom stereocenters. The minimum absolute atomic E-state index is 0.232. The van der Waals surface area contributed by atoms with Crippen LogP contribution in [0.25, 0.3) is 21.7 Å². The summed E-state index contributed by atoms with van der Waals surface area (Å²) >= 11 is 0. The van der Waals surface area contributed by atoms with E-state index in [9.17, 15) is 8.42 Å². The van der Waals surface area contributed by atoms with E-state index in [2.05, 4.69) is 9.71 Å². The molecule has 24 heavy (non-hydrogen) atoms. The quantitative estimate of drug-likeness (QED) is 0.572. The van der Waals surface area contributed by atoms with E-state index in [1.165, 1.54) is 0 Å². The molecule has 118 valence electrons. The van der Waals surface area contributed by atoms with E-state index in [-0.39, 0.29) is 4.90 Å². The fourth-order valence-electron chi connectivity index (χ4n) is 2.80. The van der Waals surface area contributed by atoms with Crippen LogP contribution in [0.1, 0.15) is 0 Å². The third-order valence-corrected chi connectivity index (χ3v) is 5.29. The Hall–Kier alpha value is -2.92. The maximum absolute atomic E-state index is 12.6. The van der Waals surface area contributed by atoms with Crippen molar-refractivity contribution in [2.24, 2.45) is 0 Å². The third-order valence-electron chi connectivity index (χ3n) is 3.91. The summed E-state index contributed by atoms with van der Waals surface area (Å²) in [7, 11) is -3.65. The molecule has 3 aromatic carbocycles. The molecule has 4 rings (SSSR count). The number of fused-ring (bicyclic) bond motifs is 3. The SMILES string of the molecule is O=S(=O)(Nc1cccc2ccc3cccnc3c12)c1ccccc1. The van der Waals surface area contributed by atoms with E-state index >= 15 is 0 Å². The Morgan fingerprint density at radius 2 is 1.50 bits per heavy atom. The molecule has 0 saturated carbocycles. The maximum atomic E-state index is 12.6. The van der Waals surface area contributed by atoms with Crippen molar-refractivity contribution in [3.8, 4) is 0 Å². The van der Waals surface area contributed by atoms with Crippen molar-refractivity contribution in [3.05, 3.63) is 79.0 Å². The van der Waals surface area contributed by atoms with Gasteiger partial charge < -0.3 is 0 Å². The van der Waals surface area contributed by atoms with Crippen LogP contribution in [0.2, 0.25) is 0 Å². The molecule has 1 aromatic heterocycles. The second kappa shape index (κ2) is 5.62. The van der Waals surface area contributed by atoms with Crippen molar-refractivity contribution in [2.75, 3.05) is 4.72 Å². The third kappa shape index (κ3) is 2.49. The Labute approximate surface area is 139 Å². The van der Waals surface area contributed by atoms with Crippen LogP contribution in [0.15, 0.2) is 83.9 Å². The molecule has 0 saturated heterocycles. The smallest absolute Gasteiger partial charge is 0.261 e. The Bertz CT molecular complexity index is 1140. The van der Waals surface area contributed by atoms with Gasteiger partial charge in [-0.1, -0.05) is 48.5 Å². The van der Waals surface area contributed by atoms with Gasteiger partial charge in [-0.3, -0.25) is 9.71 Å². The summed E-state index contributed by atoms with van der Waals surface area (Å²) in [5.41, 5.74) is 1.31. The van der Waals surface area contributed by atoms with Crippen molar-refractivity contribution in [2.45, 2.75) is 4.90 Å². The van der Waals surface area contributed by atoms with Crippen molar-refractivity contribution < 1.29 is 8.42 Å². The highest BCUT2D eigenvalue weighted by molar-refractivity contribution is 7.92. The molecule has 1 N–H and O–H groups in total. The molecule has 0 fully saturated rings. The molecule has 0 amide bonds. The minimum Gasteiger partial charge on any atom is -0.279 e. The molecule has 0 aliphatic carbocycles. The fraction of sp³-hybridized carbons (Fsp3) is 0. The monoisotopic (exact) mass is 334 g/mol. The molecule has 4 aromatic rings. The highest BCUT2D eigenvalue weighted by Crippen LogP contribution is 2.31. The molecule has 0 spiro atoms. The molecular weight excluding hydrogens is 320 g/mol. The summed E-state index contributed by atoms with van der Waals surface area (Å²) in [5, 5.41) is 2.71. The molecule has 0 radical (unpaired) electrons. The zero-order valence-corrected chi connectivity index (χ0v) is 13.5. The van der Waals surface area contributed by atoms with Crippen LogP contribution in [-0.2, 0) is 10.0 Å². The van der Waals surface area contributed by atoms with Crippen LogP contribution >= 0.6 is 0 Å². The summed E-state index contributed by atoms with van der Waals surface area (Å²) < 4.78 is 28.0. The first-order chi connectivity index (χ1) is 11.6. The van der Waals surface area contributed by atoms with Gasteiger partial charge in [-0.2, -0.15) is 0 Å². The van der Waals surface area contributed by atoms with Crippen LogP contribution in [0.3, 0.4) is 0 Å². The minimum atomic E-state index is -3.65. The Morgan fingerprint density at radius 1 is 0.750 bits per heavy atom. The maximum Gasteiger partial charge on any atom is 0.261 e. The van der Waals surface area contributed by atoms with E-state index in [1.54, 1.807) is 42.6 Å². The van der Waals surface area contributed by atoms with E-state index in [0.29, 0.717) is 5.69 Å². The standard InChI is InChI=1S/C19H14N2O2S/c22-24(23,16-8-2-1-3-9-16)21-17-10-4-6-14-11-12-15-7-5-13-20-19(15)18(14)17/h1-13,21H. The van der Waals surface area contributed by atoms with Gasteiger partial charge in [-0.15, -0.1) is 0 Å². The predicted octanol–water partition coefficient (Wildman–Crippen LogP) is 4.19. The molecule has 0 aliphatic rings. The number of anilines is 1. The zero-order valence-electron chi connectivity index (χ0n) is 12.7. The van der Waals surface area contributed by atoms with Gasteiger partial charge in [-0.05, 0) is 29.7 Å². The summed E-state index contributed by atoms with van der Waals surface area (Å²) in [4.78, 5) is 4.67. The van der Waals surface area contributed by atoms with E-state index in [1.807, 2.05) is 36.4 Å². The number of sulfonamides is 1. The van der Waals surface area contributed by atoms with Gasteiger partial charge in [0.15, 0.2) is 0 Å². The van der Waals surface area contributed by atoms with Gasteiger partial charge in [0.05, 0.1) is 16.1 Å². The van der Waals surface area contributed by atoms with E-state index in [4.69, 9.17) is 0 Å². The second-order valence-corrected chi connectivity index (χ2v) is 7.15. The van der Waals surface area contributed by atoms with Crippen LogP contribution < -0.4 is 4.72 Å². The first-order valence-electron chi connectivity index (χ1n) is 7.49. The van der Waals surface area contributed by atoms with Gasteiger partial charge in [0.25, 0.3) is 10.0 Å². The van der Waals surface area contributed by atoms with Crippen molar-refractivity contribution in [3.63, 3.8) is 0 Å². The van der Waals surface area contributed by atoms with Gasteiger partial charge in [-0.25, -0.2) is 8.42 Å². The topological polar surface area (TPSA) is 59.1 Å². The molecule has 4 nitrogen and oxygen atoms in total. The van der Waals surface area contributed by atoms with Gasteiger partial charge in [0.1, 0.15) is 0 Å². The largest absolute Gasteiger partial charge is 0.279 e. The lowest BCUT2D eigenvalue weighted by Crippen LogP contribution is -2.13. The first kappa shape index (κ1) is 14.7. The lowest BCUT2D eigenvalue weighted by Gasteiger charge is -2.12. The highest BCUT2D eigenvalue weighted by atomic mass is 32.2. The molecule has 1 heterocycles. The average Bonchev–Trinajstić information content (AvgIpc) is 2.62. The summed E-state index contributed by atoms with van der Waals surface area (Å²) in [5.74, 6) is 0. The zero-order chi connectivity index (χ0) is 16.6.